The molecule has 1 aromatic heterocycles. The van der Waals surface area contributed by atoms with Gasteiger partial charge in [0.2, 0.25) is 0 Å². The fraction of sp³-hybridized carbons (Fsp3) is 0.522. The number of urea groups is 1. The largest absolute Gasteiger partial charge is 0.338 e. The number of rotatable bonds is 6. The Morgan fingerprint density at radius 1 is 1.28 bits per heavy atom. The minimum atomic E-state index is -2.65. The molecule has 3 fully saturated rings. The summed E-state index contributed by atoms with van der Waals surface area (Å²) in [6, 6.07) is 4.87. The number of carbonyl (C=O) groups excluding carboxylic acids is 1. The average Bonchev–Trinajstić information content (AvgIpc) is 3.27. The molecule has 0 bridgehead atoms. The van der Waals surface area contributed by atoms with Crippen molar-refractivity contribution >= 4 is 6.03 Å². The second kappa shape index (κ2) is 6.42. The molecule has 0 radical (unpaired) electrons. The molecule has 2 aromatic rings. The molecule has 168 valence electrons. The molecule has 5 atom stereocenters. The van der Waals surface area contributed by atoms with Crippen molar-refractivity contribution in [3.05, 3.63) is 47.2 Å². The van der Waals surface area contributed by atoms with Crippen LogP contribution in [0.4, 0.5) is 22.4 Å². The van der Waals surface area contributed by atoms with E-state index in [1.807, 2.05) is 0 Å². The van der Waals surface area contributed by atoms with Gasteiger partial charge < -0.3 is 10.2 Å². The molecule has 5 nitrogen and oxygen atoms in total. The van der Waals surface area contributed by atoms with Gasteiger partial charge in [0, 0.05) is 18.5 Å². The van der Waals surface area contributed by atoms with Crippen LogP contribution in [-0.2, 0) is 5.41 Å². The Balaban J connectivity index is 1.40. The zero-order valence-corrected chi connectivity index (χ0v) is 17.4. The van der Waals surface area contributed by atoms with E-state index in [-0.39, 0.29) is 29.1 Å². The highest BCUT2D eigenvalue weighted by molar-refractivity contribution is 5.75. The van der Waals surface area contributed by atoms with Crippen molar-refractivity contribution in [3.8, 4) is 11.3 Å². The maximum absolute atomic E-state index is 14.3. The minimum Gasteiger partial charge on any atom is -0.338 e. The number of hydrogen-bond acceptors (Lipinski definition) is 3. The van der Waals surface area contributed by atoms with Gasteiger partial charge in [-0.25, -0.2) is 22.4 Å². The van der Waals surface area contributed by atoms with E-state index >= 15 is 0 Å². The van der Waals surface area contributed by atoms with E-state index in [2.05, 4.69) is 15.5 Å². The zero-order chi connectivity index (χ0) is 22.4. The van der Waals surface area contributed by atoms with Crippen LogP contribution in [0.5, 0.6) is 0 Å². The van der Waals surface area contributed by atoms with Gasteiger partial charge in [0.1, 0.15) is 11.6 Å². The van der Waals surface area contributed by atoms with Crippen LogP contribution < -0.4 is 5.32 Å². The van der Waals surface area contributed by atoms with Crippen molar-refractivity contribution in [2.45, 2.75) is 37.5 Å². The van der Waals surface area contributed by atoms with E-state index in [1.54, 1.807) is 13.0 Å². The Kier molecular flexibility index (Phi) is 4.00. The molecular formula is C23H22F4N4O. The molecule has 3 saturated carbocycles. The SMILES string of the molecule is CCNC(=O)N(CC(F)F)C[C@]12CC34C[C@H](c5cc(-c6c(F)cccc6F)nnc51)C3C42. The van der Waals surface area contributed by atoms with Crippen molar-refractivity contribution < 1.29 is 22.4 Å². The molecule has 32 heavy (non-hydrogen) atoms. The first-order chi connectivity index (χ1) is 15.3. The van der Waals surface area contributed by atoms with Crippen LogP contribution in [0.2, 0.25) is 0 Å². The molecule has 4 aliphatic carbocycles. The van der Waals surface area contributed by atoms with Gasteiger partial charge in [0.15, 0.2) is 0 Å². The summed E-state index contributed by atoms with van der Waals surface area (Å²) < 4.78 is 55.2. The number of fused-ring (bicyclic) bond motifs is 3. The highest BCUT2D eigenvalue weighted by Crippen LogP contribution is 2.94. The number of halogens is 4. The predicted molar refractivity (Wildman–Crippen MR) is 107 cm³/mol. The molecule has 3 unspecified atom stereocenters. The lowest BCUT2D eigenvalue weighted by atomic mass is 9.60. The predicted octanol–water partition coefficient (Wildman–Crippen LogP) is 4.09. The van der Waals surface area contributed by atoms with Crippen LogP contribution >= 0.6 is 0 Å². The Morgan fingerprint density at radius 3 is 2.72 bits per heavy atom. The molecule has 1 N–H and O–H groups in total. The summed E-state index contributed by atoms with van der Waals surface area (Å²) >= 11 is 0. The van der Waals surface area contributed by atoms with Gasteiger partial charge >= 0.3 is 6.03 Å². The highest BCUT2D eigenvalue weighted by atomic mass is 19.3. The molecule has 6 rings (SSSR count). The minimum absolute atomic E-state index is 0.139. The van der Waals surface area contributed by atoms with Gasteiger partial charge in [-0.1, -0.05) is 6.07 Å². The van der Waals surface area contributed by atoms with E-state index in [1.165, 1.54) is 23.1 Å². The first-order valence-corrected chi connectivity index (χ1v) is 11.0. The lowest BCUT2D eigenvalue weighted by molar-refractivity contribution is 0.0473. The fourth-order valence-electron chi connectivity index (χ4n) is 7.25. The van der Waals surface area contributed by atoms with Crippen LogP contribution in [0.3, 0.4) is 0 Å². The van der Waals surface area contributed by atoms with Crippen LogP contribution in [0.1, 0.15) is 36.9 Å². The lowest BCUT2D eigenvalue weighted by Gasteiger charge is -2.47. The second-order valence-corrected chi connectivity index (χ2v) is 9.62. The molecule has 4 aliphatic rings. The normalized spacial score (nSPS) is 32.4. The molecule has 9 heteroatoms. The number of amides is 2. The topological polar surface area (TPSA) is 58.1 Å². The number of aromatic nitrogens is 2. The van der Waals surface area contributed by atoms with Crippen molar-refractivity contribution in [2.24, 2.45) is 17.3 Å². The first-order valence-electron chi connectivity index (χ1n) is 11.0. The third kappa shape index (κ3) is 2.37. The molecule has 0 aliphatic heterocycles. The van der Waals surface area contributed by atoms with Gasteiger partial charge in [-0.3, -0.25) is 0 Å². The third-order valence-corrected chi connectivity index (χ3v) is 8.17. The van der Waals surface area contributed by atoms with Crippen molar-refractivity contribution in [1.82, 2.24) is 20.4 Å². The number of hydrogen-bond donors (Lipinski definition) is 1. The van der Waals surface area contributed by atoms with Crippen molar-refractivity contribution in [1.29, 1.82) is 0 Å². The summed E-state index contributed by atoms with van der Waals surface area (Å²) in [4.78, 5) is 13.7. The zero-order valence-electron chi connectivity index (χ0n) is 17.4. The maximum atomic E-state index is 14.3. The summed E-state index contributed by atoms with van der Waals surface area (Å²) in [6.07, 6.45) is -0.884. The van der Waals surface area contributed by atoms with E-state index in [4.69, 9.17) is 0 Å². The molecule has 1 aromatic carbocycles. The van der Waals surface area contributed by atoms with Crippen molar-refractivity contribution in [3.63, 3.8) is 0 Å². The lowest BCUT2D eigenvalue weighted by Crippen LogP contribution is -2.55. The molecular weight excluding hydrogens is 424 g/mol. The molecule has 1 spiro atoms. The Bertz CT molecular complexity index is 1120. The molecule has 0 saturated heterocycles. The van der Waals surface area contributed by atoms with Crippen LogP contribution in [0.15, 0.2) is 24.3 Å². The van der Waals surface area contributed by atoms with Gasteiger partial charge in [0.05, 0.1) is 23.5 Å². The summed E-state index contributed by atoms with van der Waals surface area (Å²) in [6.45, 7) is 1.58. The smallest absolute Gasteiger partial charge is 0.317 e. The van der Waals surface area contributed by atoms with E-state index in [9.17, 15) is 22.4 Å². The third-order valence-electron chi connectivity index (χ3n) is 8.17. The highest BCUT2D eigenvalue weighted by Gasteiger charge is 2.91. The molecule has 2 amide bonds. The summed E-state index contributed by atoms with van der Waals surface area (Å²) in [7, 11) is 0. The fourth-order valence-corrected chi connectivity index (χ4v) is 7.25. The quantitative estimate of drug-likeness (QED) is 0.680. The summed E-state index contributed by atoms with van der Waals surface area (Å²) in [5.41, 5.74) is 1.23. The van der Waals surface area contributed by atoms with E-state index in [0.29, 0.717) is 24.1 Å². The van der Waals surface area contributed by atoms with Crippen LogP contribution in [0.25, 0.3) is 11.3 Å². The van der Waals surface area contributed by atoms with E-state index < -0.39 is 36.1 Å². The summed E-state index contributed by atoms with van der Waals surface area (Å²) in [5.74, 6) is -0.416. The summed E-state index contributed by atoms with van der Waals surface area (Å²) in [5, 5.41) is 11.2. The second-order valence-electron chi connectivity index (χ2n) is 9.62. The maximum Gasteiger partial charge on any atom is 0.317 e. The first kappa shape index (κ1) is 19.9. The number of benzene rings is 1. The number of carbonyl (C=O) groups is 1. The van der Waals surface area contributed by atoms with Crippen molar-refractivity contribution in [2.75, 3.05) is 19.6 Å². The van der Waals surface area contributed by atoms with E-state index in [0.717, 1.165) is 18.4 Å². The average molecular weight is 446 g/mol. The van der Waals surface area contributed by atoms with Gasteiger partial charge in [-0.2, -0.15) is 10.2 Å². The number of nitrogens with one attached hydrogen (secondary N) is 1. The number of nitrogens with zero attached hydrogens (tertiary/aromatic N) is 3. The van der Waals surface area contributed by atoms with Crippen LogP contribution in [0, 0.1) is 28.9 Å². The molecule has 1 heterocycles. The Hall–Kier alpha value is -2.71. The van der Waals surface area contributed by atoms with Gasteiger partial charge in [-0.05, 0) is 66.7 Å². The Labute approximate surface area is 182 Å². The standard InChI is InChI=1S/C23H22F4N4O/c1-2-28-21(32)31(8-16(26)27)10-23-9-22-7-12(18(22)19(22)23)11-6-15(29-30-20(11)23)17-13(24)4-3-5-14(17)25/h3-6,12,16,18-19H,2,7-10H2,1H3,(H,28,32)/t12-,18?,19?,22?,23+/m1/s1. The Morgan fingerprint density at radius 2 is 2.03 bits per heavy atom. The monoisotopic (exact) mass is 446 g/mol. The van der Waals surface area contributed by atoms with Crippen LogP contribution in [-0.4, -0.2) is 47.2 Å². The number of alkyl halides is 2. The van der Waals surface area contributed by atoms with Gasteiger partial charge in [-0.15, -0.1) is 0 Å². The van der Waals surface area contributed by atoms with Gasteiger partial charge in [0.25, 0.3) is 6.43 Å².